The fourth-order valence-electron chi connectivity index (χ4n) is 3.00. The molecule has 0 radical (unpaired) electrons. The summed E-state index contributed by atoms with van der Waals surface area (Å²) in [4.78, 5) is 14.2. The summed E-state index contributed by atoms with van der Waals surface area (Å²) >= 11 is 0. The van der Waals surface area contributed by atoms with Gasteiger partial charge in [-0.2, -0.15) is 0 Å². The lowest BCUT2D eigenvalue weighted by molar-refractivity contribution is -0.118. The lowest BCUT2D eigenvalue weighted by Gasteiger charge is -2.32. The van der Waals surface area contributed by atoms with Gasteiger partial charge in [-0.15, -0.1) is 0 Å². The van der Waals surface area contributed by atoms with Gasteiger partial charge < -0.3 is 16.0 Å². The number of carbonyl (C=O) groups is 1. The van der Waals surface area contributed by atoms with E-state index in [1.165, 1.54) is 6.07 Å². The second-order valence-corrected chi connectivity index (χ2v) is 6.64. The summed E-state index contributed by atoms with van der Waals surface area (Å²) < 4.78 is 14.2. The van der Waals surface area contributed by atoms with Crippen LogP contribution in [0.5, 0.6) is 0 Å². The number of likely N-dealkylation sites (tertiary alicyclic amines) is 1. The zero-order valence-electron chi connectivity index (χ0n) is 14.1. The number of piperidine rings is 1. The summed E-state index contributed by atoms with van der Waals surface area (Å²) in [6.07, 6.45) is 2.90. The molecule has 2 rings (SSSR count). The van der Waals surface area contributed by atoms with Crippen LogP contribution >= 0.6 is 0 Å². The molecule has 0 spiro atoms. The molecule has 1 aliphatic rings. The van der Waals surface area contributed by atoms with Crippen molar-refractivity contribution < 1.29 is 9.18 Å². The first-order valence-electron chi connectivity index (χ1n) is 8.54. The Kier molecular flexibility index (Phi) is 6.54. The first-order valence-corrected chi connectivity index (χ1v) is 8.54. The monoisotopic (exact) mass is 321 g/mol. The lowest BCUT2D eigenvalue weighted by Crippen LogP contribution is -2.34. The van der Waals surface area contributed by atoms with Gasteiger partial charge in [0.05, 0.1) is 0 Å². The Balaban J connectivity index is 2.01. The van der Waals surface area contributed by atoms with E-state index in [1.807, 2.05) is 13.8 Å². The number of benzene rings is 1. The van der Waals surface area contributed by atoms with Crippen molar-refractivity contribution in [2.75, 3.05) is 31.5 Å². The van der Waals surface area contributed by atoms with E-state index >= 15 is 0 Å². The average molecular weight is 321 g/mol. The SMILES string of the molecule is CC(C)C(=O)Nc1ccc(F)c(C2CCN(CCCN)CC2)c1. The number of rotatable bonds is 6. The third kappa shape index (κ3) is 5.01. The number of hydrogen-bond acceptors (Lipinski definition) is 3. The number of anilines is 1. The molecule has 3 N–H and O–H groups in total. The number of carbonyl (C=O) groups excluding carboxylic acids is 1. The fourth-order valence-corrected chi connectivity index (χ4v) is 3.00. The van der Waals surface area contributed by atoms with E-state index in [1.54, 1.807) is 12.1 Å². The van der Waals surface area contributed by atoms with Crippen LogP contribution < -0.4 is 11.1 Å². The van der Waals surface area contributed by atoms with Gasteiger partial charge in [0.2, 0.25) is 5.91 Å². The highest BCUT2D eigenvalue weighted by atomic mass is 19.1. The molecule has 1 aromatic carbocycles. The van der Waals surface area contributed by atoms with E-state index in [0.717, 1.165) is 44.5 Å². The van der Waals surface area contributed by atoms with E-state index in [9.17, 15) is 9.18 Å². The number of nitrogens with zero attached hydrogens (tertiary/aromatic N) is 1. The van der Waals surface area contributed by atoms with Crippen LogP contribution in [0.3, 0.4) is 0 Å². The topological polar surface area (TPSA) is 58.4 Å². The van der Waals surface area contributed by atoms with Crippen molar-refractivity contribution in [1.29, 1.82) is 0 Å². The van der Waals surface area contributed by atoms with Gasteiger partial charge in [-0.3, -0.25) is 4.79 Å². The van der Waals surface area contributed by atoms with Crippen molar-refractivity contribution in [2.24, 2.45) is 11.7 Å². The van der Waals surface area contributed by atoms with Gasteiger partial charge in [-0.25, -0.2) is 4.39 Å². The van der Waals surface area contributed by atoms with Gasteiger partial charge in [0.1, 0.15) is 5.82 Å². The van der Waals surface area contributed by atoms with E-state index in [-0.39, 0.29) is 23.6 Å². The first kappa shape index (κ1) is 17.9. The zero-order chi connectivity index (χ0) is 16.8. The highest BCUT2D eigenvalue weighted by molar-refractivity contribution is 5.92. The van der Waals surface area contributed by atoms with Gasteiger partial charge >= 0.3 is 0 Å². The minimum Gasteiger partial charge on any atom is -0.330 e. The van der Waals surface area contributed by atoms with Gasteiger partial charge in [-0.05, 0) is 75.1 Å². The number of halogens is 1. The predicted molar refractivity (Wildman–Crippen MR) is 92.0 cm³/mol. The quantitative estimate of drug-likeness (QED) is 0.847. The minimum atomic E-state index is -0.173. The fraction of sp³-hybridized carbons (Fsp3) is 0.611. The molecule has 0 aromatic heterocycles. The van der Waals surface area contributed by atoms with Crippen LogP contribution in [-0.2, 0) is 4.79 Å². The molecule has 1 aliphatic heterocycles. The molecule has 1 amide bonds. The molecule has 1 saturated heterocycles. The van der Waals surface area contributed by atoms with Crippen molar-refractivity contribution in [3.8, 4) is 0 Å². The number of nitrogens with one attached hydrogen (secondary N) is 1. The average Bonchev–Trinajstić information content (AvgIpc) is 2.55. The number of amides is 1. The van der Waals surface area contributed by atoms with Crippen LogP contribution in [0.25, 0.3) is 0 Å². The highest BCUT2D eigenvalue weighted by Gasteiger charge is 2.23. The Hall–Kier alpha value is -1.46. The Morgan fingerprint density at radius 2 is 2.09 bits per heavy atom. The second-order valence-electron chi connectivity index (χ2n) is 6.64. The van der Waals surface area contributed by atoms with Gasteiger partial charge in [0.15, 0.2) is 0 Å². The Morgan fingerprint density at radius 1 is 1.39 bits per heavy atom. The summed E-state index contributed by atoms with van der Waals surface area (Å²) in [5.74, 6) is -0.0820. The van der Waals surface area contributed by atoms with Crippen LogP contribution in [0.4, 0.5) is 10.1 Å². The Morgan fingerprint density at radius 3 is 2.70 bits per heavy atom. The molecule has 128 valence electrons. The van der Waals surface area contributed by atoms with Crippen LogP contribution in [0.2, 0.25) is 0 Å². The zero-order valence-corrected chi connectivity index (χ0v) is 14.1. The summed E-state index contributed by atoms with van der Waals surface area (Å²) in [6, 6.07) is 4.90. The molecular weight excluding hydrogens is 293 g/mol. The second kappa shape index (κ2) is 8.41. The maximum Gasteiger partial charge on any atom is 0.226 e. The maximum atomic E-state index is 14.2. The van der Waals surface area contributed by atoms with E-state index in [0.29, 0.717) is 12.2 Å². The normalized spacial score (nSPS) is 16.7. The summed E-state index contributed by atoms with van der Waals surface area (Å²) in [6.45, 7) is 7.38. The molecule has 0 bridgehead atoms. The van der Waals surface area contributed by atoms with E-state index in [4.69, 9.17) is 5.73 Å². The molecule has 1 aromatic rings. The van der Waals surface area contributed by atoms with Crippen LogP contribution in [0.15, 0.2) is 18.2 Å². The smallest absolute Gasteiger partial charge is 0.226 e. The Bertz CT molecular complexity index is 525. The van der Waals surface area contributed by atoms with Gasteiger partial charge in [0.25, 0.3) is 0 Å². The molecule has 4 nitrogen and oxygen atoms in total. The molecule has 0 aliphatic carbocycles. The largest absolute Gasteiger partial charge is 0.330 e. The molecule has 0 unspecified atom stereocenters. The van der Waals surface area contributed by atoms with Crippen molar-refractivity contribution in [1.82, 2.24) is 4.90 Å². The molecule has 0 saturated carbocycles. The van der Waals surface area contributed by atoms with Gasteiger partial charge in [0, 0.05) is 11.6 Å². The molecule has 5 heteroatoms. The molecule has 1 fully saturated rings. The third-order valence-corrected chi connectivity index (χ3v) is 4.49. The summed E-state index contributed by atoms with van der Waals surface area (Å²) in [7, 11) is 0. The first-order chi connectivity index (χ1) is 11.0. The predicted octanol–water partition coefficient (Wildman–Crippen LogP) is 2.95. The summed E-state index contributed by atoms with van der Waals surface area (Å²) in [5.41, 5.74) is 6.96. The van der Waals surface area contributed by atoms with Crippen molar-refractivity contribution >= 4 is 11.6 Å². The van der Waals surface area contributed by atoms with Crippen LogP contribution in [0, 0.1) is 11.7 Å². The van der Waals surface area contributed by atoms with Crippen molar-refractivity contribution in [3.05, 3.63) is 29.6 Å². The lowest BCUT2D eigenvalue weighted by atomic mass is 9.88. The molecular formula is C18H28FN3O. The minimum absolute atomic E-state index is 0.0424. The van der Waals surface area contributed by atoms with Crippen LogP contribution in [-0.4, -0.2) is 37.0 Å². The van der Waals surface area contributed by atoms with Crippen molar-refractivity contribution in [3.63, 3.8) is 0 Å². The number of hydrogen-bond donors (Lipinski definition) is 2. The van der Waals surface area contributed by atoms with Gasteiger partial charge in [-0.1, -0.05) is 13.8 Å². The number of nitrogens with two attached hydrogens (primary N) is 1. The molecule has 1 heterocycles. The van der Waals surface area contributed by atoms with E-state index in [2.05, 4.69) is 10.2 Å². The standard InChI is InChI=1S/C18H28FN3O/c1-13(2)18(23)21-15-4-5-17(19)16(12-15)14-6-10-22(11-7-14)9-3-8-20/h4-5,12-14H,3,6-11,20H2,1-2H3,(H,21,23). The third-order valence-electron chi connectivity index (χ3n) is 4.49. The molecule has 23 heavy (non-hydrogen) atoms. The summed E-state index contributed by atoms with van der Waals surface area (Å²) in [5, 5.41) is 2.85. The van der Waals surface area contributed by atoms with Crippen molar-refractivity contribution in [2.45, 2.75) is 39.0 Å². The Labute approximate surface area is 138 Å². The van der Waals surface area contributed by atoms with Crippen LogP contribution in [0.1, 0.15) is 44.6 Å². The maximum absolute atomic E-state index is 14.2. The highest BCUT2D eigenvalue weighted by Crippen LogP contribution is 2.31. The van der Waals surface area contributed by atoms with E-state index < -0.39 is 0 Å². The molecule has 0 atom stereocenters.